The summed E-state index contributed by atoms with van der Waals surface area (Å²) in [5.74, 6) is 0.0935. The minimum absolute atomic E-state index is 0.0468. The van der Waals surface area contributed by atoms with E-state index in [0.29, 0.717) is 12.8 Å². The van der Waals surface area contributed by atoms with Crippen molar-refractivity contribution < 1.29 is 19.1 Å². The van der Waals surface area contributed by atoms with Crippen molar-refractivity contribution in [1.82, 2.24) is 0 Å². The van der Waals surface area contributed by atoms with E-state index in [0.717, 1.165) is 70.6 Å². The van der Waals surface area contributed by atoms with E-state index < -0.39 is 0 Å². The Kier molecular flexibility index (Phi) is 52.4. The molecule has 0 saturated heterocycles. The van der Waals surface area contributed by atoms with E-state index in [1.54, 1.807) is 0 Å². The van der Waals surface area contributed by atoms with Crippen molar-refractivity contribution in [1.29, 1.82) is 0 Å². The van der Waals surface area contributed by atoms with Crippen LogP contribution in [0.5, 0.6) is 0 Å². The molecule has 0 aromatic heterocycles. The van der Waals surface area contributed by atoms with Crippen LogP contribution in [0, 0.1) is 0 Å². The number of ether oxygens (including phenoxy) is 2. The SMILES string of the molecule is CCCCCCCCCCCC(CCCCCCCC)(CCCCCCCC)OC(=O)CCCCCCCC(=O)OC(CCCCCCCC)(CCCCCCCC)CCCCCCCCCCC. The van der Waals surface area contributed by atoms with Gasteiger partial charge in [0, 0.05) is 12.8 Å². The van der Waals surface area contributed by atoms with E-state index in [1.807, 2.05) is 0 Å². The fraction of sp³-hybridized carbons (Fsp3) is 0.969. The lowest BCUT2D eigenvalue weighted by molar-refractivity contribution is -0.164. The topological polar surface area (TPSA) is 52.6 Å². The van der Waals surface area contributed by atoms with E-state index in [1.165, 1.54) is 270 Å². The molecule has 412 valence electrons. The molecule has 0 aliphatic rings. The molecule has 0 unspecified atom stereocenters. The molecule has 0 aliphatic heterocycles. The Bertz CT molecular complexity index is 925. The molecule has 0 spiro atoms. The van der Waals surface area contributed by atoms with Gasteiger partial charge >= 0.3 is 11.9 Å². The second-order valence-electron chi connectivity index (χ2n) is 22.8. The first-order valence-electron chi connectivity index (χ1n) is 32.3. The van der Waals surface area contributed by atoms with Crippen LogP contribution in [0.25, 0.3) is 0 Å². The summed E-state index contributed by atoms with van der Waals surface area (Å²) in [6.45, 7) is 13.8. The fourth-order valence-corrected chi connectivity index (χ4v) is 11.1. The molecule has 4 nitrogen and oxygen atoms in total. The highest BCUT2D eigenvalue weighted by Gasteiger charge is 2.34. The summed E-state index contributed by atoms with van der Waals surface area (Å²) in [6.07, 6.45) is 67.0. The molecule has 0 amide bonds. The smallest absolute Gasteiger partial charge is 0.306 e. The van der Waals surface area contributed by atoms with Crippen molar-refractivity contribution in [2.45, 2.75) is 406 Å². The van der Waals surface area contributed by atoms with Gasteiger partial charge in [0.15, 0.2) is 0 Å². The lowest BCUT2D eigenvalue weighted by Crippen LogP contribution is -2.35. The largest absolute Gasteiger partial charge is 0.459 e. The Morgan fingerprint density at radius 1 is 0.217 bits per heavy atom. The molecule has 4 heteroatoms. The molecule has 0 fully saturated rings. The second-order valence-corrected chi connectivity index (χ2v) is 22.8. The zero-order valence-electron chi connectivity index (χ0n) is 48.5. The summed E-state index contributed by atoms with van der Waals surface area (Å²) in [7, 11) is 0. The van der Waals surface area contributed by atoms with E-state index in [9.17, 15) is 9.59 Å². The maximum Gasteiger partial charge on any atom is 0.306 e. The van der Waals surface area contributed by atoms with E-state index >= 15 is 0 Å². The van der Waals surface area contributed by atoms with Crippen molar-refractivity contribution in [2.24, 2.45) is 0 Å². The third kappa shape index (κ3) is 45.3. The van der Waals surface area contributed by atoms with Gasteiger partial charge in [0.1, 0.15) is 11.2 Å². The van der Waals surface area contributed by atoms with Gasteiger partial charge in [-0.3, -0.25) is 9.59 Å². The number of unbranched alkanes of at least 4 members (excludes halogenated alkanes) is 40. The maximum absolute atomic E-state index is 13.8. The van der Waals surface area contributed by atoms with Gasteiger partial charge in [-0.15, -0.1) is 0 Å². The first-order chi connectivity index (χ1) is 33.9. The van der Waals surface area contributed by atoms with Crippen LogP contribution in [-0.4, -0.2) is 23.1 Å². The van der Waals surface area contributed by atoms with Crippen molar-refractivity contribution in [3.63, 3.8) is 0 Å². The van der Waals surface area contributed by atoms with Crippen LogP contribution in [0.3, 0.4) is 0 Å². The molecule has 0 aliphatic carbocycles. The predicted molar refractivity (Wildman–Crippen MR) is 306 cm³/mol. The quantitative estimate of drug-likeness (QED) is 0.0450. The average Bonchev–Trinajstić information content (AvgIpc) is 3.34. The third-order valence-corrected chi connectivity index (χ3v) is 15.8. The Labute approximate surface area is 435 Å². The fourth-order valence-electron chi connectivity index (χ4n) is 11.1. The Morgan fingerprint density at radius 3 is 0.536 bits per heavy atom. The maximum atomic E-state index is 13.8. The average molecular weight is 974 g/mol. The van der Waals surface area contributed by atoms with Crippen LogP contribution >= 0.6 is 0 Å². The van der Waals surface area contributed by atoms with Gasteiger partial charge in [-0.2, -0.15) is 0 Å². The first kappa shape index (κ1) is 67.9. The van der Waals surface area contributed by atoms with Crippen LogP contribution in [0.2, 0.25) is 0 Å². The van der Waals surface area contributed by atoms with Crippen LogP contribution in [0.15, 0.2) is 0 Å². The number of carbonyl (C=O) groups excluding carboxylic acids is 2. The van der Waals surface area contributed by atoms with Gasteiger partial charge in [-0.25, -0.2) is 0 Å². The van der Waals surface area contributed by atoms with Crippen LogP contribution in [0.1, 0.15) is 395 Å². The molecule has 0 N–H and O–H groups in total. The molecule has 0 radical (unpaired) electrons. The van der Waals surface area contributed by atoms with Gasteiger partial charge in [-0.1, -0.05) is 292 Å². The van der Waals surface area contributed by atoms with Gasteiger partial charge in [0.25, 0.3) is 0 Å². The monoisotopic (exact) mass is 973 g/mol. The minimum Gasteiger partial charge on any atom is -0.459 e. The number of esters is 2. The molecular weight excluding hydrogens is 845 g/mol. The molecule has 0 saturated carbocycles. The van der Waals surface area contributed by atoms with E-state index in [4.69, 9.17) is 9.47 Å². The number of carbonyl (C=O) groups is 2. The van der Waals surface area contributed by atoms with Gasteiger partial charge in [0.2, 0.25) is 0 Å². The van der Waals surface area contributed by atoms with Crippen molar-refractivity contribution >= 4 is 11.9 Å². The summed E-state index contributed by atoms with van der Waals surface area (Å²) >= 11 is 0. The molecule has 0 atom stereocenters. The van der Waals surface area contributed by atoms with Crippen molar-refractivity contribution in [3.05, 3.63) is 0 Å². The van der Waals surface area contributed by atoms with E-state index in [-0.39, 0.29) is 23.1 Å². The molecule has 0 rings (SSSR count). The van der Waals surface area contributed by atoms with Crippen molar-refractivity contribution in [3.8, 4) is 0 Å². The zero-order chi connectivity index (χ0) is 50.5. The summed E-state index contributed by atoms with van der Waals surface area (Å²) < 4.78 is 13.5. The molecule has 69 heavy (non-hydrogen) atoms. The molecule has 0 heterocycles. The van der Waals surface area contributed by atoms with E-state index in [2.05, 4.69) is 41.5 Å². The summed E-state index contributed by atoms with van der Waals surface area (Å²) in [5.41, 5.74) is -0.553. The highest BCUT2D eigenvalue weighted by molar-refractivity contribution is 5.70. The lowest BCUT2D eigenvalue weighted by atomic mass is 9.84. The van der Waals surface area contributed by atoms with Crippen LogP contribution < -0.4 is 0 Å². The molecular formula is C65H128O4. The van der Waals surface area contributed by atoms with Gasteiger partial charge < -0.3 is 9.47 Å². The summed E-state index contributed by atoms with van der Waals surface area (Å²) in [4.78, 5) is 27.5. The zero-order valence-corrected chi connectivity index (χ0v) is 48.5. The van der Waals surface area contributed by atoms with Crippen LogP contribution in [-0.2, 0) is 19.1 Å². The highest BCUT2D eigenvalue weighted by Crippen LogP contribution is 2.36. The minimum atomic E-state index is -0.276. The Morgan fingerprint density at radius 2 is 0.362 bits per heavy atom. The second kappa shape index (κ2) is 53.2. The number of hydrogen-bond donors (Lipinski definition) is 0. The Balaban J connectivity index is 5.42. The lowest BCUT2D eigenvalue weighted by Gasteiger charge is -2.34. The number of rotatable bonds is 58. The molecule has 0 aromatic rings. The number of hydrogen-bond acceptors (Lipinski definition) is 4. The van der Waals surface area contributed by atoms with Crippen LogP contribution in [0.4, 0.5) is 0 Å². The first-order valence-corrected chi connectivity index (χ1v) is 32.3. The normalized spacial score (nSPS) is 12.0. The highest BCUT2D eigenvalue weighted by atomic mass is 16.6. The molecule has 0 aromatic carbocycles. The Hall–Kier alpha value is -1.06. The molecule has 0 bridgehead atoms. The summed E-state index contributed by atoms with van der Waals surface area (Å²) in [5, 5.41) is 0. The van der Waals surface area contributed by atoms with Gasteiger partial charge in [0.05, 0.1) is 0 Å². The third-order valence-electron chi connectivity index (χ3n) is 15.8. The predicted octanol–water partition coefficient (Wildman–Crippen LogP) is 23.1. The summed E-state index contributed by atoms with van der Waals surface area (Å²) in [6, 6.07) is 0. The standard InChI is InChI=1S/C65H128O4/c1-7-13-19-25-31-33-35-44-52-60-64(56-48-40-27-21-15-9-3,57-49-41-28-22-16-10-4)68-62(66)54-46-38-37-39-47-55-63(67)69-65(58-50-42-29-23-17-11-5,59-51-43-30-24-18-12-6)61-53-45-36-34-32-26-20-14-8-2/h7-61H2,1-6H3. The van der Waals surface area contributed by atoms with Gasteiger partial charge in [-0.05, 0) is 89.9 Å². The van der Waals surface area contributed by atoms with Crippen molar-refractivity contribution in [2.75, 3.05) is 0 Å².